The SMILES string of the molecule is Cl.NCCNC(=O)c1ccccc1NC(=O)C(F)(F)C(F)F. The zero-order chi connectivity index (χ0) is 16.0. The van der Waals surface area contributed by atoms with Gasteiger partial charge in [-0.05, 0) is 12.1 Å². The minimum atomic E-state index is -4.85. The van der Waals surface area contributed by atoms with Crippen molar-refractivity contribution in [2.45, 2.75) is 12.3 Å². The van der Waals surface area contributed by atoms with Crippen LogP contribution in [0.15, 0.2) is 24.3 Å². The maximum atomic E-state index is 12.9. The van der Waals surface area contributed by atoms with E-state index in [-0.39, 0.29) is 36.7 Å². The maximum absolute atomic E-state index is 12.9. The molecule has 0 spiro atoms. The topological polar surface area (TPSA) is 84.2 Å². The molecule has 0 bridgehead atoms. The van der Waals surface area contributed by atoms with Gasteiger partial charge in [-0.2, -0.15) is 8.78 Å². The predicted molar refractivity (Wildman–Crippen MR) is 74.7 cm³/mol. The van der Waals surface area contributed by atoms with E-state index in [1.165, 1.54) is 18.2 Å². The summed E-state index contributed by atoms with van der Waals surface area (Å²) in [6.07, 6.45) is -4.14. The summed E-state index contributed by atoms with van der Waals surface area (Å²) < 4.78 is 49.9. The van der Waals surface area contributed by atoms with E-state index in [4.69, 9.17) is 5.73 Å². The van der Waals surface area contributed by atoms with Crippen molar-refractivity contribution < 1.29 is 27.2 Å². The lowest BCUT2D eigenvalue weighted by molar-refractivity contribution is -0.163. The molecule has 10 heteroatoms. The first-order chi connectivity index (χ1) is 9.80. The molecule has 0 fully saturated rings. The highest BCUT2D eigenvalue weighted by Crippen LogP contribution is 2.25. The van der Waals surface area contributed by atoms with Gasteiger partial charge in [0.05, 0.1) is 11.3 Å². The molecule has 5 nitrogen and oxygen atoms in total. The number of alkyl halides is 4. The van der Waals surface area contributed by atoms with Crippen molar-refractivity contribution in [3.05, 3.63) is 29.8 Å². The van der Waals surface area contributed by atoms with Gasteiger partial charge >= 0.3 is 18.3 Å². The quantitative estimate of drug-likeness (QED) is 0.686. The van der Waals surface area contributed by atoms with Crippen molar-refractivity contribution in [2.24, 2.45) is 5.73 Å². The van der Waals surface area contributed by atoms with Gasteiger partial charge in [-0.1, -0.05) is 12.1 Å². The summed E-state index contributed by atoms with van der Waals surface area (Å²) in [5.74, 6) is -7.70. The van der Waals surface area contributed by atoms with Crippen LogP contribution in [0.3, 0.4) is 0 Å². The number of hydrogen-bond donors (Lipinski definition) is 3. The molecule has 1 aromatic carbocycles. The third kappa shape index (κ3) is 4.85. The van der Waals surface area contributed by atoms with Crippen LogP contribution in [0.4, 0.5) is 23.2 Å². The van der Waals surface area contributed by atoms with Gasteiger partial charge in [-0.25, -0.2) is 8.78 Å². The van der Waals surface area contributed by atoms with E-state index in [0.717, 1.165) is 6.07 Å². The van der Waals surface area contributed by atoms with E-state index < -0.39 is 24.2 Å². The number of benzene rings is 1. The average Bonchev–Trinajstić information content (AvgIpc) is 2.45. The number of carbonyl (C=O) groups is 2. The molecule has 4 N–H and O–H groups in total. The van der Waals surface area contributed by atoms with Gasteiger partial charge in [0.25, 0.3) is 5.91 Å². The molecule has 0 atom stereocenters. The normalized spacial score (nSPS) is 10.8. The van der Waals surface area contributed by atoms with Gasteiger partial charge in [-0.15, -0.1) is 12.4 Å². The standard InChI is InChI=1S/C12H13F4N3O2.ClH/c13-10(14)12(15,16)11(21)19-8-4-2-1-3-7(8)9(20)18-6-5-17;/h1-4,10H,5-6,17H2,(H,18,20)(H,19,21);1H. The number of carbonyl (C=O) groups excluding carboxylic acids is 2. The lowest BCUT2D eigenvalue weighted by Gasteiger charge is -2.16. The highest BCUT2D eigenvalue weighted by atomic mass is 35.5. The van der Waals surface area contributed by atoms with Crippen molar-refractivity contribution in [1.29, 1.82) is 0 Å². The Balaban J connectivity index is 0.00000441. The fourth-order valence-corrected chi connectivity index (χ4v) is 1.38. The molecule has 0 aliphatic rings. The molecule has 0 aromatic heterocycles. The van der Waals surface area contributed by atoms with Crippen LogP contribution in [0.5, 0.6) is 0 Å². The molecule has 2 amide bonds. The first kappa shape index (κ1) is 20.1. The number of para-hydroxylation sites is 1. The first-order valence-corrected chi connectivity index (χ1v) is 5.85. The molecule has 0 aliphatic heterocycles. The number of rotatable bonds is 6. The Hall–Kier alpha value is -1.87. The van der Waals surface area contributed by atoms with Crippen LogP contribution >= 0.6 is 12.4 Å². The Kier molecular flexibility index (Phi) is 7.82. The molecular formula is C12H14ClF4N3O2. The Bertz CT molecular complexity index is 529. The summed E-state index contributed by atoms with van der Waals surface area (Å²) in [6.45, 7) is 0.290. The second-order valence-corrected chi connectivity index (χ2v) is 3.97. The van der Waals surface area contributed by atoms with Gasteiger partial charge < -0.3 is 16.4 Å². The Morgan fingerprint density at radius 2 is 1.82 bits per heavy atom. The first-order valence-electron chi connectivity index (χ1n) is 5.85. The number of amides is 2. The molecule has 0 heterocycles. The highest BCUT2D eigenvalue weighted by molar-refractivity contribution is 6.05. The number of nitrogens with two attached hydrogens (primary N) is 1. The van der Waals surface area contributed by atoms with E-state index in [9.17, 15) is 27.2 Å². The molecule has 1 rings (SSSR count). The summed E-state index contributed by atoms with van der Waals surface area (Å²) in [6, 6.07) is 5.19. The van der Waals surface area contributed by atoms with Gasteiger partial charge in [0, 0.05) is 13.1 Å². The molecular weight excluding hydrogens is 330 g/mol. The van der Waals surface area contributed by atoms with Crippen molar-refractivity contribution in [3.63, 3.8) is 0 Å². The highest BCUT2D eigenvalue weighted by Gasteiger charge is 2.49. The molecule has 0 aliphatic carbocycles. The lowest BCUT2D eigenvalue weighted by Crippen LogP contribution is -2.41. The van der Waals surface area contributed by atoms with Crippen molar-refractivity contribution >= 4 is 29.9 Å². The monoisotopic (exact) mass is 343 g/mol. The van der Waals surface area contributed by atoms with Crippen LogP contribution in [-0.2, 0) is 4.79 Å². The molecule has 124 valence electrons. The predicted octanol–water partition coefficient (Wildman–Crippen LogP) is 1.64. The Morgan fingerprint density at radius 3 is 2.36 bits per heavy atom. The minimum Gasteiger partial charge on any atom is -0.351 e. The third-order valence-corrected chi connectivity index (χ3v) is 2.43. The molecule has 0 saturated carbocycles. The van der Waals surface area contributed by atoms with Crippen LogP contribution in [0.2, 0.25) is 0 Å². The van der Waals surface area contributed by atoms with E-state index >= 15 is 0 Å². The summed E-state index contributed by atoms with van der Waals surface area (Å²) in [5.41, 5.74) is 4.77. The van der Waals surface area contributed by atoms with Gasteiger partial charge in [-0.3, -0.25) is 9.59 Å². The van der Waals surface area contributed by atoms with Crippen LogP contribution in [-0.4, -0.2) is 37.3 Å². The van der Waals surface area contributed by atoms with Gasteiger partial charge in [0.1, 0.15) is 0 Å². The minimum absolute atomic E-state index is 0. The zero-order valence-electron chi connectivity index (χ0n) is 11.1. The zero-order valence-corrected chi connectivity index (χ0v) is 11.9. The number of anilines is 1. The number of halogens is 5. The van der Waals surface area contributed by atoms with E-state index in [2.05, 4.69) is 5.32 Å². The summed E-state index contributed by atoms with van der Waals surface area (Å²) >= 11 is 0. The Morgan fingerprint density at radius 1 is 1.23 bits per heavy atom. The Labute approximate surface area is 129 Å². The van der Waals surface area contributed by atoms with E-state index in [1.54, 1.807) is 5.32 Å². The fraction of sp³-hybridized carbons (Fsp3) is 0.333. The molecule has 0 radical (unpaired) electrons. The molecule has 22 heavy (non-hydrogen) atoms. The average molecular weight is 344 g/mol. The van der Waals surface area contributed by atoms with E-state index in [1.807, 2.05) is 0 Å². The van der Waals surface area contributed by atoms with Gasteiger partial charge in [0.15, 0.2) is 0 Å². The summed E-state index contributed by atoms with van der Waals surface area (Å²) in [7, 11) is 0. The fourth-order valence-electron chi connectivity index (χ4n) is 1.38. The van der Waals surface area contributed by atoms with Crippen molar-refractivity contribution in [3.8, 4) is 0 Å². The molecule has 0 saturated heterocycles. The second kappa shape index (κ2) is 8.54. The van der Waals surface area contributed by atoms with Crippen LogP contribution in [0.1, 0.15) is 10.4 Å². The third-order valence-electron chi connectivity index (χ3n) is 2.43. The second-order valence-electron chi connectivity index (χ2n) is 3.97. The summed E-state index contributed by atoms with van der Waals surface area (Å²) in [4.78, 5) is 22.9. The van der Waals surface area contributed by atoms with Crippen LogP contribution < -0.4 is 16.4 Å². The smallest absolute Gasteiger partial charge is 0.351 e. The van der Waals surface area contributed by atoms with Crippen LogP contribution in [0, 0.1) is 0 Å². The van der Waals surface area contributed by atoms with E-state index in [0.29, 0.717) is 0 Å². The van der Waals surface area contributed by atoms with Crippen molar-refractivity contribution in [2.75, 3.05) is 18.4 Å². The van der Waals surface area contributed by atoms with Gasteiger partial charge in [0.2, 0.25) is 0 Å². The largest absolute Gasteiger partial charge is 0.383 e. The lowest BCUT2D eigenvalue weighted by atomic mass is 10.1. The van der Waals surface area contributed by atoms with Crippen LogP contribution in [0.25, 0.3) is 0 Å². The summed E-state index contributed by atoms with van der Waals surface area (Å²) in [5, 5.41) is 4.00. The number of nitrogens with one attached hydrogen (secondary N) is 2. The van der Waals surface area contributed by atoms with Crippen molar-refractivity contribution in [1.82, 2.24) is 5.32 Å². The molecule has 0 unspecified atom stereocenters. The maximum Gasteiger partial charge on any atom is 0.383 e. The molecule has 1 aromatic rings. The number of hydrogen-bond acceptors (Lipinski definition) is 3.